The third-order valence-corrected chi connectivity index (χ3v) is 3.05. The summed E-state index contributed by atoms with van der Waals surface area (Å²) in [6.07, 6.45) is 0.986. The number of para-hydroxylation sites is 1. The van der Waals surface area contributed by atoms with Crippen molar-refractivity contribution in [1.82, 2.24) is 10.3 Å². The van der Waals surface area contributed by atoms with Crippen LogP contribution in [0.2, 0.25) is 0 Å². The van der Waals surface area contributed by atoms with E-state index in [-0.39, 0.29) is 6.61 Å². The number of nitrogens with zero attached hydrogens (tertiary/aromatic N) is 1. The lowest BCUT2D eigenvalue weighted by molar-refractivity contribution is 0.112. The lowest BCUT2D eigenvalue weighted by Crippen LogP contribution is -2.19. The van der Waals surface area contributed by atoms with Gasteiger partial charge in [0.1, 0.15) is 5.75 Å². The molecule has 1 aromatic carbocycles. The van der Waals surface area contributed by atoms with Crippen LogP contribution in [0.3, 0.4) is 0 Å². The van der Waals surface area contributed by atoms with Crippen LogP contribution in [0.25, 0.3) is 0 Å². The van der Waals surface area contributed by atoms with Crippen LogP contribution in [0.15, 0.2) is 34.7 Å². The Hall–Kier alpha value is -1.85. The van der Waals surface area contributed by atoms with Crippen molar-refractivity contribution in [3.8, 4) is 5.75 Å². The molecule has 1 atom stereocenters. The Morgan fingerprint density at radius 3 is 3.05 bits per heavy atom. The molecule has 0 saturated carbocycles. The van der Waals surface area contributed by atoms with Crippen molar-refractivity contribution in [2.45, 2.75) is 25.7 Å². The number of oxazole rings is 1. The molecule has 2 heterocycles. The molecule has 0 radical (unpaired) electrons. The molecular formula is C14H16N2O3. The second-order valence-corrected chi connectivity index (χ2v) is 4.48. The number of benzene rings is 1. The van der Waals surface area contributed by atoms with E-state index in [9.17, 15) is 5.11 Å². The van der Waals surface area contributed by atoms with Crippen molar-refractivity contribution < 1.29 is 14.3 Å². The van der Waals surface area contributed by atoms with Gasteiger partial charge in [-0.2, -0.15) is 0 Å². The molecule has 1 unspecified atom stereocenters. The van der Waals surface area contributed by atoms with Gasteiger partial charge in [-0.15, -0.1) is 0 Å². The van der Waals surface area contributed by atoms with E-state index in [0.717, 1.165) is 30.8 Å². The number of aryl methyl sites for hydroxylation is 1. The molecule has 0 aliphatic carbocycles. The fourth-order valence-corrected chi connectivity index (χ4v) is 2.12. The molecule has 5 heteroatoms. The van der Waals surface area contributed by atoms with Crippen LogP contribution in [-0.2, 0) is 13.0 Å². The zero-order valence-corrected chi connectivity index (χ0v) is 10.5. The van der Waals surface area contributed by atoms with Gasteiger partial charge < -0.3 is 14.3 Å². The molecule has 0 fully saturated rings. The van der Waals surface area contributed by atoms with E-state index in [1.54, 1.807) is 0 Å². The van der Waals surface area contributed by atoms with Crippen LogP contribution in [0.1, 0.15) is 30.0 Å². The summed E-state index contributed by atoms with van der Waals surface area (Å²) in [6.45, 7) is 1.03. The van der Waals surface area contributed by atoms with Crippen LogP contribution in [-0.4, -0.2) is 16.6 Å². The molecular weight excluding hydrogens is 244 g/mol. The number of nitrogens with one attached hydrogen (secondary N) is 1. The van der Waals surface area contributed by atoms with Gasteiger partial charge in [0.25, 0.3) is 0 Å². The Labute approximate surface area is 111 Å². The number of fused-ring (bicyclic) bond motifs is 1. The molecule has 0 amide bonds. The normalized spacial score (nSPS) is 18.7. The van der Waals surface area contributed by atoms with Crippen molar-refractivity contribution in [3.63, 3.8) is 0 Å². The quantitative estimate of drug-likeness (QED) is 0.880. The van der Waals surface area contributed by atoms with E-state index in [0.29, 0.717) is 11.7 Å². The summed E-state index contributed by atoms with van der Waals surface area (Å²) in [5, 5.41) is 12.8. The number of aliphatic hydroxyl groups is 1. The van der Waals surface area contributed by atoms with Gasteiger partial charge in [0, 0.05) is 0 Å². The third-order valence-electron chi connectivity index (χ3n) is 3.05. The van der Waals surface area contributed by atoms with Crippen LogP contribution in [0.4, 0.5) is 0 Å². The minimum atomic E-state index is -0.768. The second kappa shape index (κ2) is 5.42. The molecule has 2 N–H and O–H groups in total. The van der Waals surface area contributed by atoms with E-state index in [1.807, 2.05) is 30.3 Å². The average Bonchev–Trinajstić information content (AvgIpc) is 2.78. The predicted octanol–water partition coefficient (Wildman–Crippen LogP) is 1.78. The Balaban J connectivity index is 1.71. The highest BCUT2D eigenvalue weighted by Crippen LogP contribution is 2.22. The Bertz CT molecular complexity index is 539. The van der Waals surface area contributed by atoms with Gasteiger partial charge in [-0.3, -0.25) is 5.32 Å². The molecule has 19 heavy (non-hydrogen) atoms. The number of aliphatic hydroxyl groups excluding tert-OH is 1. The molecule has 1 aliphatic heterocycles. The highest BCUT2D eigenvalue weighted by Gasteiger charge is 2.22. The van der Waals surface area contributed by atoms with Crippen LogP contribution >= 0.6 is 0 Å². The highest BCUT2D eigenvalue weighted by molar-refractivity contribution is 5.21. The summed E-state index contributed by atoms with van der Waals surface area (Å²) in [5.41, 5.74) is 0.823. The first-order valence-electron chi connectivity index (χ1n) is 6.41. The zero-order valence-electron chi connectivity index (χ0n) is 10.5. The second-order valence-electron chi connectivity index (χ2n) is 4.48. The predicted molar refractivity (Wildman–Crippen MR) is 68.6 cm³/mol. The van der Waals surface area contributed by atoms with Gasteiger partial charge in [-0.1, -0.05) is 18.2 Å². The van der Waals surface area contributed by atoms with Gasteiger partial charge in [-0.05, 0) is 31.5 Å². The molecule has 2 aromatic rings. The third kappa shape index (κ3) is 2.77. The molecule has 3 rings (SSSR count). The molecule has 0 spiro atoms. The van der Waals surface area contributed by atoms with Crippen LogP contribution in [0, 0.1) is 0 Å². The fourth-order valence-electron chi connectivity index (χ4n) is 2.12. The average molecular weight is 260 g/mol. The molecule has 100 valence electrons. The SMILES string of the molecule is OC1NCCCc2nc(COc3ccccc3)oc21. The van der Waals surface area contributed by atoms with E-state index in [4.69, 9.17) is 9.15 Å². The summed E-state index contributed by atoms with van der Waals surface area (Å²) >= 11 is 0. The summed E-state index contributed by atoms with van der Waals surface area (Å²) in [6, 6.07) is 9.51. The summed E-state index contributed by atoms with van der Waals surface area (Å²) < 4.78 is 11.1. The number of hydrogen-bond acceptors (Lipinski definition) is 5. The van der Waals surface area contributed by atoms with Gasteiger partial charge >= 0.3 is 0 Å². The first kappa shape index (κ1) is 12.2. The van der Waals surface area contributed by atoms with E-state index < -0.39 is 6.23 Å². The van der Waals surface area contributed by atoms with E-state index in [2.05, 4.69) is 10.3 Å². The largest absolute Gasteiger partial charge is 0.484 e. The first-order valence-corrected chi connectivity index (χ1v) is 6.41. The van der Waals surface area contributed by atoms with Gasteiger partial charge in [0.15, 0.2) is 18.6 Å². The molecule has 5 nitrogen and oxygen atoms in total. The lowest BCUT2D eigenvalue weighted by Gasteiger charge is -2.06. The van der Waals surface area contributed by atoms with Crippen molar-refractivity contribution in [1.29, 1.82) is 0 Å². The summed E-state index contributed by atoms with van der Waals surface area (Å²) in [5.74, 6) is 1.79. The maximum absolute atomic E-state index is 9.85. The number of aromatic nitrogens is 1. The molecule has 1 aromatic heterocycles. The number of ether oxygens (including phenoxy) is 1. The Morgan fingerprint density at radius 2 is 2.21 bits per heavy atom. The Morgan fingerprint density at radius 1 is 1.37 bits per heavy atom. The summed E-state index contributed by atoms with van der Waals surface area (Å²) in [7, 11) is 0. The smallest absolute Gasteiger partial charge is 0.232 e. The van der Waals surface area contributed by atoms with Gasteiger partial charge in [0.2, 0.25) is 5.89 Å². The number of hydrogen-bond donors (Lipinski definition) is 2. The minimum absolute atomic E-state index is 0.268. The number of rotatable bonds is 3. The highest BCUT2D eigenvalue weighted by atomic mass is 16.5. The maximum Gasteiger partial charge on any atom is 0.232 e. The first-order chi connectivity index (χ1) is 9.33. The fraction of sp³-hybridized carbons (Fsp3) is 0.357. The summed E-state index contributed by atoms with van der Waals surface area (Å²) in [4.78, 5) is 4.38. The van der Waals surface area contributed by atoms with Crippen LogP contribution in [0.5, 0.6) is 5.75 Å². The van der Waals surface area contributed by atoms with Crippen molar-refractivity contribution in [2.75, 3.05) is 6.54 Å². The molecule has 0 saturated heterocycles. The van der Waals surface area contributed by atoms with Crippen LogP contribution < -0.4 is 10.1 Å². The molecule has 0 bridgehead atoms. The monoisotopic (exact) mass is 260 g/mol. The van der Waals surface area contributed by atoms with Gasteiger partial charge in [-0.25, -0.2) is 4.98 Å². The maximum atomic E-state index is 9.85. The standard InChI is InChI=1S/C14H16N2O3/c17-14-13-11(7-4-8-15-14)16-12(19-13)9-18-10-5-2-1-3-6-10/h1-3,5-6,14-15,17H,4,7-9H2. The van der Waals surface area contributed by atoms with Crippen molar-refractivity contribution in [3.05, 3.63) is 47.7 Å². The molecule has 1 aliphatic rings. The lowest BCUT2D eigenvalue weighted by atomic mass is 10.2. The van der Waals surface area contributed by atoms with E-state index in [1.165, 1.54) is 0 Å². The van der Waals surface area contributed by atoms with Crippen molar-refractivity contribution in [2.24, 2.45) is 0 Å². The van der Waals surface area contributed by atoms with E-state index >= 15 is 0 Å². The zero-order chi connectivity index (χ0) is 13.1. The minimum Gasteiger partial charge on any atom is -0.484 e. The topological polar surface area (TPSA) is 67.5 Å². The van der Waals surface area contributed by atoms with Crippen molar-refractivity contribution >= 4 is 0 Å². The van der Waals surface area contributed by atoms with Gasteiger partial charge in [0.05, 0.1) is 5.69 Å². The Kier molecular flexibility index (Phi) is 3.48.